The molecule has 1 aliphatic carbocycles. The van der Waals surface area contributed by atoms with Crippen LogP contribution in [0.4, 0.5) is 10.7 Å². The number of anilines is 2. The number of amides is 1. The third kappa shape index (κ3) is 3.11. The van der Waals surface area contributed by atoms with E-state index in [-0.39, 0.29) is 23.7 Å². The Balaban J connectivity index is 2.27. The van der Waals surface area contributed by atoms with Crippen molar-refractivity contribution in [3.05, 3.63) is 10.4 Å². The minimum Gasteiger partial charge on any atom is -0.469 e. The molecule has 0 radical (unpaired) electrons. The molecule has 0 aliphatic heterocycles. The number of ether oxygens (including phenoxy) is 1. The van der Waals surface area contributed by atoms with Crippen molar-refractivity contribution in [2.75, 3.05) is 18.2 Å². The van der Waals surface area contributed by atoms with Gasteiger partial charge in [0.1, 0.15) is 5.00 Å². The van der Waals surface area contributed by atoms with Gasteiger partial charge in [-0.05, 0) is 37.7 Å². The van der Waals surface area contributed by atoms with Gasteiger partial charge in [-0.15, -0.1) is 11.3 Å². The molecule has 1 aliphatic rings. The van der Waals surface area contributed by atoms with Gasteiger partial charge in [0, 0.05) is 10.8 Å². The summed E-state index contributed by atoms with van der Waals surface area (Å²) in [6, 6.07) is 0. The van der Waals surface area contributed by atoms with Crippen molar-refractivity contribution < 1.29 is 14.3 Å². The molecule has 1 unspecified atom stereocenters. The van der Waals surface area contributed by atoms with Crippen molar-refractivity contribution in [1.82, 2.24) is 0 Å². The van der Waals surface area contributed by atoms with Crippen LogP contribution in [0, 0.1) is 5.92 Å². The van der Waals surface area contributed by atoms with Gasteiger partial charge in [-0.1, -0.05) is 13.8 Å². The quantitative estimate of drug-likeness (QED) is 0.814. The highest BCUT2D eigenvalue weighted by atomic mass is 32.1. The lowest BCUT2D eigenvalue weighted by molar-refractivity contribution is -0.142. The molecule has 1 atom stereocenters. The second-order valence-corrected chi connectivity index (χ2v) is 6.71. The Morgan fingerprint density at radius 3 is 2.68 bits per heavy atom. The molecule has 1 heterocycles. The fraction of sp³-hybridized carbons (Fsp3) is 0.625. The number of esters is 1. The van der Waals surface area contributed by atoms with Crippen molar-refractivity contribution in [3.63, 3.8) is 0 Å². The van der Waals surface area contributed by atoms with Crippen molar-refractivity contribution in [2.24, 2.45) is 5.92 Å². The number of hydrogen-bond acceptors (Lipinski definition) is 5. The summed E-state index contributed by atoms with van der Waals surface area (Å²) in [6.45, 7) is 4.01. The van der Waals surface area contributed by atoms with Gasteiger partial charge in [-0.2, -0.15) is 0 Å². The number of thiophene rings is 1. The summed E-state index contributed by atoms with van der Waals surface area (Å²) in [5.74, 6) is -0.472. The Morgan fingerprint density at radius 1 is 1.41 bits per heavy atom. The van der Waals surface area contributed by atoms with Crippen molar-refractivity contribution in [1.29, 1.82) is 0 Å². The van der Waals surface area contributed by atoms with E-state index in [1.165, 1.54) is 18.4 Å². The summed E-state index contributed by atoms with van der Waals surface area (Å²) in [5, 5.41) is 3.63. The molecule has 6 heteroatoms. The van der Waals surface area contributed by atoms with E-state index >= 15 is 0 Å². The van der Waals surface area contributed by atoms with Crippen LogP contribution in [0.3, 0.4) is 0 Å². The molecule has 3 N–H and O–H groups in total. The summed E-state index contributed by atoms with van der Waals surface area (Å²) in [7, 11) is 1.41. The van der Waals surface area contributed by atoms with Crippen LogP contribution in [0.2, 0.25) is 0 Å². The first-order chi connectivity index (χ1) is 10.5. The molecule has 22 heavy (non-hydrogen) atoms. The van der Waals surface area contributed by atoms with Crippen LogP contribution in [0.1, 0.15) is 55.9 Å². The van der Waals surface area contributed by atoms with Gasteiger partial charge in [-0.3, -0.25) is 9.59 Å². The van der Waals surface area contributed by atoms with Gasteiger partial charge in [0.2, 0.25) is 5.91 Å². The van der Waals surface area contributed by atoms with Crippen molar-refractivity contribution in [2.45, 2.75) is 51.9 Å². The van der Waals surface area contributed by atoms with Crippen LogP contribution in [0.25, 0.3) is 0 Å². The summed E-state index contributed by atoms with van der Waals surface area (Å²) in [4.78, 5) is 25.1. The largest absolute Gasteiger partial charge is 0.469 e. The van der Waals surface area contributed by atoms with E-state index < -0.39 is 0 Å². The number of nitrogens with one attached hydrogen (secondary N) is 1. The standard InChI is InChI=1S/C16H24N2O3S/c1-4-9(5-2)14(19)18-15-12(17)10-7-6-8-11(13(10)22-15)16(20)21-3/h9,11H,4-8,17H2,1-3H3,(H,18,19). The molecule has 5 nitrogen and oxygen atoms in total. The molecule has 0 aromatic carbocycles. The molecule has 0 spiro atoms. The fourth-order valence-corrected chi connectivity index (χ4v) is 4.28. The maximum atomic E-state index is 12.3. The first kappa shape index (κ1) is 16.8. The van der Waals surface area contributed by atoms with Gasteiger partial charge in [0.05, 0.1) is 18.7 Å². The normalized spacial score (nSPS) is 17.2. The van der Waals surface area contributed by atoms with Crippen LogP contribution in [0.5, 0.6) is 0 Å². The summed E-state index contributed by atoms with van der Waals surface area (Å²) < 4.78 is 4.89. The third-order valence-corrected chi connectivity index (χ3v) is 5.67. The highest BCUT2D eigenvalue weighted by Crippen LogP contribution is 2.45. The Hall–Kier alpha value is -1.56. The number of hydrogen-bond donors (Lipinski definition) is 2. The lowest BCUT2D eigenvalue weighted by Crippen LogP contribution is -2.21. The first-order valence-electron chi connectivity index (χ1n) is 7.83. The van der Waals surface area contributed by atoms with E-state index in [0.717, 1.165) is 42.5 Å². The topological polar surface area (TPSA) is 81.4 Å². The Morgan fingerprint density at radius 2 is 2.09 bits per heavy atom. The Kier molecular flexibility index (Phi) is 5.45. The summed E-state index contributed by atoms with van der Waals surface area (Å²) in [5.41, 5.74) is 7.83. The number of carbonyl (C=O) groups excluding carboxylic acids is 2. The highest BCUT2D eigenvalue weighted by Gasteiger charge is 2.32. The van der Waals surface area contributed by atoms with Crippen LogP contribution in [-0.4, -0.2) is 19.0 Å². The molecule has 0 saturated heterocycles. The molecule has 0 saturated carbocycles. The third-order valence-electron chi connectivity index (χ3n) is 4.39. The van der Waals surface area contributed by atoms with Gasteiger partial charge >= 0.3 is 5.97 Å². The summed E-state index contributed by atoms with van der Waals surface area (Å²) in [6.07, 6.45) is 4.15. The van der Waals surface area contributed by atoms with Crippen LogP contribution in [-0.2, 0) is 20.7 Å². The maximum Gasteiger partial charge on any atom is 0.313 e. The average molecular weight is 324 g/mol. The number of fused-ring (bicyclic) bond motifs is 1. The van der Waals surface area contributed by atoms with Crippen molar-refractivity contribution in [3.8, 4) is 0 Å². The predicted molar refractivity (Wildman–Crippen MR) is 89.1 cm³/mol. The summed E-state index contributed by atoms with van der Waals surface area (Å²) >= 11 is 1.42. The van der Waals surface area contributed by atoms with Crippen LogP contribution in [0.15, 0.2) is 0 Å². The number of methoxy groups -OCH3 is 1. The first-order valence-corrected chi connectivity index (χ1v) is 8.64. The zero-order valence-electron chi connectivity index (χ0n) is 13.4. The van der Waals surface area contributed by atoms with Crippen LogP contribution >= 0.6 is 11.3 Å². The SMILES string of the molecule is CCC(CC)C(=O)Nc1sc2c(c1N)CCCC2C(=O)OC. The second kappa shape index (κ2) is 7.13. The van der Waals surface area contributed by atoms with E-state index in [1.54, 1.807) is 0 Å². The van der Waals surface area contributed by atoms with Crippen molar-refractivity contribution >= 4 is 33.9 Å². The molecule has 1 aromatic heterocycles. The molecular weight excluding hydrogens is 300 g/mol. The van der Waals surface area contributed by atoms with E-state index in [0.29, 0.717) is 10.7 Å². The number of rotatable bonds is 5. The monoisotopic (exact) mass is 324 g/mol. The average Bonchev–Trinajstić information content (AvgIpc) is 2.84. The fourth-order valence-electron chi connectivity index (χ4n) is 2.98. The molecule has 1 amide bonds. The van der Waals surface area contributed by atoms with Gasteiger partial charge in [-0.25, -0.2) is 0 Å². The molecule has 0 bridgehead atoms. The predicted octanol–water partition coefficient (Wildman–Crippen LogP) is 3.30. The lowest BCUT2D eigenvalue weighted by Gasteiger charge is -2.19. The van der Waals surface area contributed by atoms with E-state index in [9.17, 15) is 9.59 Å². The Bertz CT molecular complexity index is 564. The number of carbonyl (C=O) groups is 2. The van der Waals surface area contributed by atoms with Crippen LogP contribution < -0.4 is 11.1 Å². The van der Waals surface area contributed by atoms with Gasteiger partial charge < -0.3 is 15.8 Å². The highest BCUT2D eigenvalue weighted by molar-refractivity contribution is 7.17. The van der Waals surface area contributed by atoms with Gasteiger partial charge in [0.25, 0.3) is 0 Å². The molecule has 1 aromatic rings. The molecule has 122 valence electrons. The number of nitrogen functional groups attached to an aromatic ring is 1. The molecule has 2 rings (SSSR count). The smallest absolute Gasteiger partial charge is 0.313 e. The van der Waals surface area contributed by atoms with E-state index in [4.69, 9.17) is 10.5 Å². The van der Waals surface area contributed by atoms with E-state index in [1.807, 2.05) is 13.8 Å². The van der Waals surface area contributed by atoms with Gasteiger partial charge in [0.15, 0.2) is 0 Å². The maximum absolute atomic E-state index is 12.3. The zero-order chi connectivity index (χ0) is 16.3. The molecule has 0 fully saturated rings. The zero-order valence-corrected chi connectivity index (χ0v) is 14.2. The molecular formula is C16H24N2O3S. The van der Waals surface area contributed by atoms with E-state index in [2.05, 4.69) is 5.32 Å². The minimum atomic E-state index is -0.250. The Labute approximate surface area is 135 Å². The number of nitrogens with two attached hydrogens (primary N) is 1. The second-order valence-electron chi connectivity index (χ2n) is 5.66. The minimum absolute atomic E-state index is 0.00455. The lowest BCUT2D eigenvalue weighted by atomic mass is 9.89.